The predicted octanol–water partition coefficient (Wildman–Crippen LogP) is 3.22. The van der Waals surface area contributed by atoms with Crippen LogP contribution in [0.4, 0.5) is 5.69 Å². The lowest BCUT2D eigenvalue weighted by Gasteiger charge is -2.25. The van der Waals surface area contributed by atoms with Crippen molar-refractivity contribution in [3.8, 4) is 12.1 Å². The molecule has 1 rings (SSSR count). The molecule has 0 fully saturated rings. The first-order valence-electron chi connectivity index (χ1n) is 6.80. The molecular weight excluding hydrogens is 250 g/mol. The van der Waals surface area contributed by atoms with Crippen LogP contribution in [0.25, 0.3) is 0 Å². The van der Waals surface area contributed by atoms with E-state index in [9.17, 15) is 4.79 Å². The number of nitrogens with zero attached hydrogens (tertiary/aromatic N) is 3. The van der Waals surface area contributed by atoms with Crippen molar-refractivity contribution < 1.29 is 4.79 Å². The van der Waals surface area contributed by atoms with Crippen LogP contribution in [0.15, 0.2) is 18.2 Å². The van der Waals surface area contributed by atoms with Crippen molar-refractivity contribution in [2.24, 2.45) is 5.92 Å². The lowest BCUT2D eigenvalue weighted by atomic mass is 10.1. The van der Waals surface area contributed by atoms with E-state index in [4.69, 9.17) is 10.5 Å². The summed E-state index contributed by atoms with van der Waals surface area (Å²) < 4.78 is 0. The highest BCUT2D eigenvalue weighted by Crippen LogP contribution is 2.21. The number of hydrogen-bond acceptors (Lipinski definition) is 3. The third-order valence-corrected chi connectivity index (χ3v) is 3.05. The molecule has 0 aliphatic carbocycles. The number of benzene rings is 1. The Morgan fingerprint density at radius 1 is 1.25 bits per heavy atom. The molecule has 1 aromatic carbocycles. The predicted molar refractivity (Wildman–Crippen MR) is 78.0 cm³/mol. The summed E-state index contributed by atoms with van der Waals surface area (Å²) in [7, 11) is 0. The molecule has 4 nitrogen and oxygen atoms in total. The fourth-order valence-electron chi connectivity index (χ4n) is 1.88. The van der Waals surface area contributed by atoms with Gasteiger partial charge in [0.05, 0.1) is 11.1 Å². The molecule has 0 N–H and O–H groups in total. The minimum atomic E-state index is -0.104. The van der Waals surface area contributed by atoms with Gasteiger partial charge in [0.25, 0.3) is 0 Å². The van der Waals surface area contributed by atoms with E-state index < -0.39 is 0 Å². The maximum atomic E-state index is 12.3. The lowest BCUT2D eigenvalue weighted by Crippen LogP contribution is -2.35. The molecule has 1 aromatic rings. The van der Waals surface area contributed by atoms with Gasteiger partial charge in [-0.3, -0.25) is 4.79 Å². The fraction of sp³-hybridized carbons (Fsp3) is 0.438. The van der Waals surface area contributed by atoms with E-state index in [1.54, 1.807) is 23.1 Å². The summed E-state index contributed by atoms with van der Waals surface area (Å²) in [6.45, 7) is 6.41. The van der Waals surface area contributed by atoms with Crippen LogP contribution in [0.3, 0.4) is 0 Å². The van der Waals surface area contributed by atoms with Gasteiger partial charge in [0, 0.05) is 18.2 Å². The van der Waals surface area contributed by atoms with Gasteiger partial charge in [-0.1, -0.05) is 27.2 Å². The molecule has 0 heterocycles. The Morgan fingerprint density at radius 2 is 1.90 bits per heavy atom. The number of hydrogen-bond donors (Lipinski definition) is 0. The average Bonchev–Trinajstić information content (AvgIpc) is 2.46. The fourth-order valence-corrected chi connectivity index (χ4v) is 1.88. The lowest BCUT2D eigenvalue weighted by molar-refractivity contribution is -0.121. The molecule has 104 valence electrons. The number of rotatable bonds is 5. The van der Waals surface area contributed by atoms with Gasteiger partial charge in [0.1, 0.15) is 12.1 Å². The van der Waals surface area contributed by atoms with Gasteiger partial charge in [-0.2, -0.15) is 10.5 Å². The van der Waals surface area contributed by atoms with Gasteiger partial charge in [0.15, 0.2) is 0 Å². The van der Waals surface area contributed by atoms with Crippen LogP contribution in [0.2, 0.25) is 0 Å². The van der Waals surface area contributed by atoms with E-state index in [0.717, 1.165) is 12.8 Å². The molecule has 0 saturated heterocycles. The highest BCUT2D eigenvalue weighted by atomic mass is 16.2. The molecule has 0 bridgehead atoms. The van der Waals surface area contributed by atoms with Crippen LogP contribution in [-0.2, 0) is 4.79 Å². The van der Waals surface area contributed by atoms with Crippen LogP contribution in [0, 0.1) is 28.6 Å². The van der Waals surface area contributed by atoms with Crippen molar-refractivity contribution in [1.82, 2.24) is 0 Å². The van der Waals surface area contributed by atoms with Crippen molar-refractivity contribution in [1.29, 1.82) is 10.5 Å². The Morgan fingerprint density at radius 3 is 2.40 bits per heavy atom. The smallest absolute Gasteiger partial charge is 0.229 e. The topological polar surface area (TPSA) is 67.9 Å². The van der Waals surface area contributed by atoms with Gasteiger partial charge in [-0.25, -0.2) is 0 Å². The molecule has 0 radical (unpaired) electrons. The zero-order valence-electron chi connectivity index (χ0n) is 12.2. The van der Waals surface area contributed by atoms with Gasteiger partial charge in [-0.15, -0.1) is 0 Å². The summed E-state index contributed by atoms with van der Waals surface area (Å²) in [5, 5.41) is 18.0. The molecular formula is C16H19N3O. The number of carbonyl (C=O) groups excluding carboxylic acids is 1. The van der Waals surface area contributed by atoms with E-state index in [1.165, 1.54) is 0 Å². The van der Waals surface area contributed by atoms with Crippen molar-refractivity contribution >= 4 is 11.6 Å². The van der Waals surface area contributed by atoms with Crippen LogP contribution in [0.5, 0.6) is 0 Å². The highest BCUT2D eigenvalue weighted by molar-refractivity contribution is 5.94. The van der Waals surface area contributed by atoms with Crippen molar-refractivity contribution in [2.45, 2.75) is 33.6 Å². The second-order valence-corrected chi connectivity index (χ2v) is 4.95. The molecule has 1 amide bonds. The zero-order valence-corrected chi connectivity index (χ0v) is 12.2. The SMILES string of the molecule is CCCCN(C(=O)C(C)C)c1ccc(C#N)c(C#N)c1. The Bertz CT molecular complexity index is 564. The van der Waals surface area contributed by atoms with Gasteiger partial charge >= 0.3 is 0 Å². The second kappa shape index (κ2) is 7.31. The molecule has 0 aliphatic rings. The summed E-state index contributed by atoms with van der Waals surface area (Å²) in [4.78, 5) is 14.0. The molecule has 0 aromatic heterocycles. The first kappa shape index (κ1) is 15.7. The van der Waals surface area contributed by atoms with E-state index in [1.807, 2.05) is 26.0 Å². The Kier molecular flexibility index (Phi) is 5.74. The second-order valence-electron chi connectivity index (χ2n) is 4.95. The van der Waals surface area contributed by atoms with E-state index in [0.29, 0.717) is 23.4 Å². The first-order valence-corrected chi connectivity index (χ1v) is 6.80. The van der Waals surface area contributed by atoms with Crippen LogP contribution >= 0.6 is 0 Å². The minimum absolute atomic E-state index is 0.0343. The summed E-state index contributed by atoms with van der Waals surface area (Å²) in [6, 6.07) is 8.94. The van der Waals surface area contributed by atoms with Crippen LogP contribution in [-0.4, -0.2) is 12.5 Å². The normalized spacial score (nSPS) is 9.90. The highest BCUT2D eigenvalue weighted by Gasteiger charge is 2.19. The van der Waals surface area contributed by atoms with Gasteiger partial charge < -0.3 is 4.90 Å². The Hall–Kier alpha value is -2.33. The molecule has 0 atom stereocenters. The molecule has 4 heteroatoms. The average molecular weight is 269 g/mol. The summed E-state index contributed by atoms with van der Waals surface area (Å²) in [5.41, 5.74) is 1.33. The van der Waals surface area contributed by atoms with E-state index in [-0.39, 0.29) is 11.8 Å². The maximum Gasteiger partial charge on any atom is 0.229 e. The summed E-state index contributed by atoms with van der Waals surface area (Å²) in [5.74, 6) is -0.0694. The number of anilines is 1. The van der Waals surface area contributed by atoms with Crippen molar-refractivity contribution in [3.63, 3.8) is 0 Å². The summed E-state index contributed by atoms with van der Waals surface area (Å²) in [6.07, 6.45) is 1.89. The Labute approximate surface area is 120 Å². The number of amides is 1. The molecule has 0 unspecified atom stereocenters. The minimum Gasteiger partial charge on any atom is -0.312 e. The van der Waals surface area contributed by atoms with Gasteiger partial charge in [0.2, 0.25) is 5.91 Å². The molecule has 0 aliphatic heterocycles. The van der Waals surface area contributed by atoms with Crippen LogP contribution < -0.4 is 4.90 Å². The monoisotopic (exact) mass is 269 g/mol. The quantitative estimate of drug-likeness (QED) is 0.824. The number of unbranched alkanes of at least 4 members (excludes halogenated alkanes) is 1. The molecule has 20 heavy (non-hydrogen) atoms. The van der Waals surface area contributed by atoms with Gasteiger partial charge in [-0.05, 0) is 24.6 Å². The van der Waals surface area contributed by atoms with E-state index >= 15 is 0 Å². The molecule has 0 spiro atoms. The molecule has 0 saturated carbocycles. The van der Waals surface area contributed by atoms with Crippen molar-refractivity contribution in [3.05, 3.63) is 29.3 Å². The van der Waals surface area contributed by atoms with E-state index in [2.05, 4.69) is 6.92 Å². The number of carbonyl (C=O) groups is 1. The number of nitriles is 2. The maximum absolute atomic E-state index is 12.3. The first-order chi connectivity index (χ1) is 9.54. The summed E-state index contributed by atoms with van der Waals surface area (Å²) >= 11 is 0. The standard InChI is InChI=1S/C16H19N3O/c1-4-5-8-19(16(20)12(2)3)15-7-6-13(10-17)14(9-15)11-18/h6-7,9,12H,4-5,8H2,1-3H3. The largest absolute Gasteiger partial charge is 0.312 e. The van der Waals surface area contributed by atoms with Crippen LogP contribution in [0.1, 0.15) is 44.7 Å². The third kappa shape index (κ3) is 3.59. The Balaban J connectivity index is 3.18. The zero-order chi connectivity index (χ0) is 15.1. The van der Waals surface area contributed by atoms with Crippen molar-refractivity contribution in [2.75, 3.05) is 11.4 Å². The third-order valence-electron chi connectivity index (χ3n) is 3.05.